The van der Waals surface area contributed by atoms with Crippen molar-refractivity contribution in [1.82, 2.24) is 19.4 Å². The third-order valence-corrected chi connectivity index (χ3v) is 4.69. The molecule has 0 saturated carbocycles. The summed E-state index contributed by atoms with van der Waals surface area (Å²) in [6.45, 7) is 2.23. The summed E-state index contributed by atoms with van der Waals surface area (Å²) in [5, 5.41) is 4.23. The van der Waals surface area contributed by atoms with E-state index in [0.717, 1.165) is 24.0 Å². The predicted octanol–water partition coefficient (Wildman–Crippen LogP) is 3.59. The van der Waals surface area contributed by atoms with Crippen LogP contribution in [0.25, 0.3) is 21.9 Å². The standard InChI is InChI=1S/C21H22N4O/c26-21(11-15-24-14-10-17-6-1-3-8-19(17)24)22-12-5-13-25-16-23-18-7-2-4-9-20(18)25/h1-4,6-10,14,16H,5,11-13,15H2,(H,22,26). The molecule has 0 aliphatic heterocycles. The maximum absolute atomic E-state index is 12.1. The summed E-state index contributed by atoms with van der Waals surface area (Å²) >= 11 is 0. The molecule has 26 heavy (non-hydrogen) atoms. The van der Waals surface area contributed by atoms with Crippen LogP contribution in [0.3, 0.4) is 0 Å². The lowest BCUT2D eigenvalue weighted by molar-refractivity contribution is -0.121. The molecule has 2 aromatic carbocycles. The molecule has 0 saturated heterocycles. The molecule has 0 radical (unpaired) electrons. The third-order valence-electron chi connectivity index (χ3n) is 4.69. The second-order valence-electron chi connectivity index (χ2n) is 6.45. The smallest absolute Gasteiger partial charge is 0.221 e. The number of carbonyl (C=O) groups is 1. The Bertz CT molecular complexity index is 1030. The van der Waals surface area contributed by atoms with Gasteiger partial charge < -0.3 is 14.5 Å². The molecular formula is C21H22N4O. The molecule has 2 heterocycles. The number of hydrogen-bond donors (Lipinski definition) is 1. The Kier molecular flexibility index (Phi) is 4.69. The molecule has 0 spiro atoms. The van der Waals surface area contributed by atoms with E-state index in [1.807, 2.05) is 42.9 Å². The third kappa shape index (κ3) is 3.47. The summed E-state index contributed by atoms with van der Waals surface area (Å²) in [6.07, 6.45) is 5.29. The first-order chi connectivity index (χ1) is 12.8. The predicted molar refractivity (Wildman–Crippen MR) is 104 cm³/mol. The van der Waals surface area contributed by atoms with Crippen LogP contribution in [0.4, 0.5) is 0 Å². The molecule has 1 N–H and O–H groups in total. The van der Waals surface area contributed by atoms with Crippen molar-refractivity contribution in [3.63, 3.8) is 0 Å². The molecule has 0 fully saturated rings. The summed E-state index contributed by atoms with van der Waals surface area (Å²) in [4.78, 5) is 16.5. The van der Waals surface area contributed by atoms with Crippen LogP contribution in [0.15, 0.2) is 67.1 Å². The number of rotatable bonds is 7. The van der Waals surface area contributed by atoms with Crippen LogP contribution in [0, 0.1) is 0 Å². The maximum atomic E-state index is 12.1. The average Bonchev–Trinajstić information content (AvgIpc) is 3.28. The molecule has 4 aromatic rings. The van der Waals surface area contributed by atoms with Gasteiger partial charge in [-0.15, -0.1) is 0 Å². The number of hydrogen-bond acceptors (Lipinski definition) is 2. The number of para-hydroxylation sites is 3. The van der Waals surface area contributed by atoms with Crippen molar-refractivity contribution in [3.05, 3.63) is 67.1 Å². The summed E-state index contributed by atoms with van der Waals surface area (Å²) in [5.41, 5.74) is 3.32. The van der Waals surface area contributed by atoms with Crippen LogP contribution in [0.1, 0.15) is 12.8 Å². The molecule has 1 amide bonds. The number of amides is 1. The van der Waals surface area contributed by atoms with Gasteiger partial charge in [-0.05, 0) is 36.1 Å². The fourth-order valence-electron chi connectivity index (χ4n) is 3.31. The van der Waals surface area contributed by atoms with E-state index in [0.29, 0.717) is 19.5 Å². The highest BCUT2D eigenvalue weighted by molar-refractivity contribution is 5.80. The Balaban J connectivity index is 1.23. The van der Waals surface area contributed by atoms with Gasteiger partial charge in [0.25, 0.3) is 0 Å². The fourth-order valence-corrected chi connectivity index (χ4v) is 3.31. The largest absolute Gasteiger partial charge is 0.356 e. The van der Waals surface area contributed by atoms with Crippen LogP contribution in [0.5, 0.6) is 0 Å². The van der Waals surface area contributed by atoms with Gasteiger partial charge in [0.05, 0.1) is 17.4 Å². The molecule has 0 bridgehead atoms. The molecule has 132 valence electrons. The Hall–Kier alpha value is -3.08. The SMILES string of the molecule is O=C(CCn1ccc2ccccc21)NCCCn1cnc2ccccc21. The van der Waals surface area contributed by atoms with Gasteiger partial charge in [0.1, 0.15) is 0 Å². The number of benzene rings is 2. The molecule has 5 heteroatoms. The monoisotopic (exact) mass is 346 g/mol. The van der Waals surface area contributed by atoms with Crippen LogP contribution >= 0.6 is 0 Å². The van der Waals surface area contributed by atoms with E-state index in [1.165, 1.54) is 10.9 Å². The minimum atomic E-state index is 0.0956. The van der Waals surface area contributed by atoms with E-state index >= 15 is 0 Å². The van der Waals surface area contributed by atoms with E-state index in [4.69, 9.17) is 0 Å². The van der Waals surface area contributed by atoms with E-state index in [9.17, 15) is 4.79 Å². The second kappa shape index (κ2) is 7.44. The summed E-state index contributed by atoms with van der Waals surface area (Å²) in [7, 11) is 0. The van der Waals surface area contributed by atoms with Crippen molar-refractivity contribution in [2.75, 3.05) is 6.54 Å². The zero-order chi connectivity index (χ0) is 17.8. The van der Waals surface area contributed by atoms with Crippen molar-refractivity contribution < 1.29 is 4.79 Å². The summed E-state index contributed by atoms with van der Waals surface area (Å²) in [6, 6.07) is 18.4. The van der Waals surface area contributed by atoms with E-state index in [-0.39, 0.29) is 5.91 Å². The van der Waals surface area contributed by atoms with Gasteiger partial charge >= 0.3 is 0 Å². The first kappa shape index (κ1) is 16.4. The number of fused-ring (bicyclic) bond motifs is 2. The molecule has 0 aliphatic rings. The van der Waals surface area contributed by atoms with Crippen LogP contribution in [-0.2, 0) is 17.9 Å². The first-order valence-electron chi connectivity index (χ1n) is 9.02. The number of aromatic nitrogens is 3. The summed E-state index contributed by atoms with van der Waals surface area (Å²) in [5.74, 6) is 0.0956. The minimum absolute atomic E-state index is 0.0956. The number of aryl methyl sites for hydroxylation is 2. The maximum Gasteiger partial charge on any atom is 0.221 e. The van der Waals surface area contributed by atoms with Gasteiger partial charge in [0.2, 0.25) is 5.91 Å². The molecular weight excluding hydrogens is 324 g/mol. The normalized spacial score (nSPS) is 11.2. The molecule has 5 nitrogen and oxygen atoms in total. The number of nitrogens with zero attached hydrogens (tertiary/aromatic N) is 3. The topological polar surface area (TPSA) is 51.9 Å². The highest BCUT2D eigenvalue weighted by Gasteiger charge is 2.05. The highest BCUT2D eigenvalue weighted by atomic mass is 16.1. The van der Waals surface area contributed by atoms with Crippen molar-refractivity contribution >= 4 is 27.8 Å². The fraction of sp³-hybridized carbons (Fsp3) is 0.238. The lowest BCUT2D eigenvalue weighted by Gasteiger charge is -2.08. The second-order valence-corrected chi connectivity index (χ2v) is 6.45. The van der Waals surface area contributed by atoms with E-state index in [1.54, 1.807) is 0 Å². The molecule has 4 rings (SSSR count). The van der Waals surface area contributed by atoms with Crippen molar-refractivity contribution in [3.8, 4) is 0 Å². The number of nitrogens with one attached hydrogen (secondary N) is 1. The van der Waals surface area contributed by atoms with Crippen LogP contribution in [-0.4, -0.2) is 26.6 Å². The van der Waals surface area contributed by atoms with Gasteiger partial charge in [0.15, 0.2) is 0 Å². The molecule has 0 unspecified atom stereocenters. The number of carbonyl (C=O) groups excluding carboxylic acids is 1. The zero-order valence-electron chi connectivity index (χ0n) is 14.6. The molecule has 0 atom stereocenters. The van der Waals surface area contributed by atoms with Crippen LogP contribution < -0.4 is 5.32 Å². The van der Waals surface area contributed by atoms with Gasteiger partial charge in [-0.1, -0.05) is 30.3 Å². The van der Waals surface area contributed by atoms with Crippen molar-refractivity contribution in [2.45, 2.75) is 25.9 Å². The highest BCUT2D eigenvalue weighted by Crippen LogP contribution is 2.15. The Morgan fingerprint density at radius 2 is 1.73 bits per heavy atom. The Labute approximate surface area is 152 Å². The van der Waals surface area contributed by atoms with Gasteiger partial charge in [0, 0.05) is 37.8 Å². The lowest BCUT2D eigenvalue weighted by Crippen LogP contribution is -2.26. The molecule has 0 aliphatic carbocycles. The van der Waals surface area contributed by atoms with E-state index in [2.05, 4.69) is 43.7 Å². The van der Waals surface area contributed by atoms with Crippen molar-refractivity contribution in [1.29, 1.82) is 0 Å². The zero-order valence-corrected chi connectivity index (χ0v) is 14.6. The lowest BCUT2D eigenvalue weighted by atomic mass is 10.2. The first-order valence-corrected chi connectivity index (χ1v) is 9.02. The molecule has 2 aromatic heterocycles. The average molecular weight is 346 g/mol. The number of imidazole rings is 1. The van der Waals surface area contributed by atoms with Gasteiger partial charge in [-0.25, -0.2) is 4.98 Å². The minimum Gasteiger partial charge on any atom is -0.356 e. The summed E-state index contributed by atoms with van der Waals surface area (Å²) < 4.78 is 4.26. The quantitative estimate of drug-likeness (QED) is 0.520. The Morgan fingerprint density at radius 3 is 2.65 bits per heavy atom. The van der Waals surface area contributed by atoms with Gasteiger partial charge in [-0.3, -0.25) is 4.79 Å². The van der Waals surface area contributed by atoms with Gasteiger partial charge in [-0.2, -0.15) is 0 Å². The van der Waals surface area contributed by atoms with E-state index < -0.39 is 0 Å². The van der Waals surface area contributed by atoms with Crippen LogP contribution in [0.2, 0.25) is 0 Å². The van der Waals surface area contributed by atoms with Crippen molar-refractivity contribution in [2.24, 2.45) is 0 Å². The Morgan fingerprint density at radius 1 is 0.923 bits per heavy atom.